The van der Waals surface area contributed by atoms with E-state index in [4.69, 9.17) is 57.1 Å². The van der Waals surface area contributed by atoms with Crippen LogP contribution in [0.5, 0.6) is 5.75 Å². The Morgan fingerprint density at radius 3 is 2.09 bits per heavy atom. The molecule has 1 aliphatic carbocycles. The third-order valence-corrected chi connectivity index (χ3v) is 9.89. The molecule has 2 heterocycles. The van der Waals surface area contributed by atoms with E-state index in [1.165, 1.54) is 6.08 Å². The van der Waals surface area contributed by atoms with Gasteiger partial charge in [-0.05, 0) is 89.5 Å². The third-order valence-electron chi connectivity index (χ3n) is 9.89. The van der Waals surface area contributed by atoms with E-state index in [0.717, 1.165) is 0 Å². The molecule has 0 aromatic heterocycles. The fraction of sp³-hybridized carbons (Fsp3) is 0.625. The Morgan fingerprint density at radius 1 is 0.810 bits per heavy atom. The lowest BCUT2D eigenvalue weighted by atomic mass is 9.73. The highest BCUT2D eigenvalue weighted by Crippen LogP contribution is 2.39. The lowest BCUT2D eigenvalue weighted by Gasteiger charge is -2.45. The molecular formula is C40H55NO17. The number of nitrogens with one attached hydrogen (secondary N) is 1. The van der Waals surface area contributed by atoms with Crippen molar-refractivity contribution in [1.29, 1.82) is 0 Å². The second-order valence-electron chi connectivity index (χ2n) is 13.8. The van der Waals surface area contributed by atoms with Crippen LogP contribution in [0.1, 0.15) is 66.5 Å². The summed E-state index contributed by atoms with van der Waals surface area (Å²) in [5, 5.41) is 3.10. The first-order chi connectivity index (χ1) is 27.7. The zero-order valence-corrected chi connectivity index (χ0v) is 34.3. The standard InChI is InChI=1S/C40H55NO17/c1-10-47-38(44)50-17-16-21(5)30-28(36(43)58-53-13-4)33(57-40(46)49-12-3)37(55-30)54-27-15-14-26(18-22(27)6)19-23(7)35(42)41-29-24(8)31-34(52-20-51-31)32(25(29)9)56-39(45)48-11-2/h14-16,18-19,24-25,28-34,37H,10-13,17,20H2,1-9H3,(H,41,42)/b21-16+,23-19+/t24-,25+,28-,29+,30-,31+,32-,33+,34+,37-/m1/s1. The van der Waals surface area contributed by atoms with Gasteiger partial charge < -0.3 is 52.7 Å². The number of ether oxygens (including phenoxy) is 10. The average molecular weight is 822 g/mol. The molecule has 18 heteroatoms. The van der Waals surface area contributed by atoms with Gasteiger partial charge in [0.1, 0.15) is 43.4 Å². The van der Waals surface area contributed by atoms with E-state index in [-0.39, 0.29) is 57.6 Å². The minimum absolute atomic E-state index is 0.00142. The van der Waals surface area contributed by atoms with Crippen LogP contribution in [0.2, 0.25) is 0 Å². The van der Waals surface area contributed by atoms with Crippen LogP contribution < -0.4 is 10.1 Å². The average Bonchev–Trinajstić information content (AvgIpc) is 3.81. The first-order valence-electron chi connectivity index (χ1n) is 19.4. The maximum atomic E-state index is 13.6. The van der Waals surface area contributed by atoms with Crippen LogP contribution in [-0.4, -0.2) is 113 Å². The van der Waals surface area contributed by atoms with Crippen LogP contribution >= 0.6 is 0 Å². The Labute approximate surface area is 337 Å². The van der Waals surface area contributed by atoms with Crippen molar-refractivity contribution in [2.24, 2.45) is 17.8 Å². The summed E-state index contributed by atoms with van der Waals surface area (Å²) < 4.78 is 55.1. The third kappa shape index (κ3) is 11.6. The summed E-state index contributed by atoms with van der Waals surface area (Å²) in [6.07, 6.45) is -4.95. The van der Waals surface area contributed by atoms with E-state index in [1.54, 1.807) is 72.7 Å². The molecule has 58 heavy (non-hydrogen) atoms. The Hall–Kier alpha value is -4.91. The zero-order valence-electron chi connectivity index (χ0n) is 34.3. The predicted molar refractivity (Wildman–Crippen MR) is 201 cm³/mol. The zero-order chi connectivity index (χ0) is 42.5. The SMILES string of the molecule is CCOOC(=O)[C@H]1[C@H](OC(=O)OCC)[C@H](Oc2ccc(/C=C(\C)C(=O)N[C@H]3[C@@H](C)[C@@H]4OCO[C@@H]4[C@H](OC(=O)OCC)[C@H]3C)cc2C)O[C@@H]1/C(C)=C/COC(=O)OCC. The molecule has 0 bridgehead atoms. The number of amides is 1. The molecule has 0 unspecified atom stereocenters. The molecule has 2 aliphatic heterocycles. The summed E-state index contributed by atoms with van der Waals surface area (Å²) in [5.74, 6) is -2.70. The summed E-state index contributed by atoms with van der Waals surface area (Å²) in [6.45, 7) is 15.6. The number of rotatable bonds is 16. The van der Waals surface area contributed by atoms with Crippen molar-refractivity contribution in [3.05, 3.63) is 46.5 Å². The molecule has 1 amide bonds. The quantitative estimate of drug-likeness (QED) is 0.0558. The van der Waals surface area contributed by atoms with E-state index in [0.29, 0.717) is 28.0 Å². The van der Waals surface area contributed by atoms with E-state index in [2.05, 4.69) is 5.32 Å². The van der Waals surface area contributed by atoms with E-state index < -0.39 is 73.2 Å². The maximum Gasteiger partial charge on any atom is 0.508 e. The first-order valence-corrected chi connectivity index (χ1v) is 19.4. The fourth-order valence-corrected chi connectivity index (χ4v) is 7.08. The smallest absolute Gasteiger partial charge is 0.461 e. The van der Waals surface area contributed by atoms with E-state index >= 15 is 0 Å². The molecule has 4 rings (SSSR count). The second-order valence-corrected chi connectivity index (χ2v) is 13.8. The molecule has 18 nitrogen and oxygen atoms in total. The van der Waals surface area contributed by atoms with Crippen LogP contribution in [-0.2, 0) is 62.0 Å². The van der Waals surface area contributed by atoms with Gasteiger partial charge in [-0.25, -0.2) is 19.2 Å². The van der Waals surface area contributed by atoms with Gasteiger partial charge in [-0.15, -0.1) is 0 Å². The molecule has 3 aliphatic rings. The van der Waals surface area contributed by atoms with Gasteiger partial charge in [0.05, 0.1) is 32.5 Å². The monoisotopic (exact) mass is 821 g/mol. The van der Waals surface area contributed by atoms with Gasteiger partial charge in [0.15, 0.2) is 6.10 Å². The maximum absolute atomic E-state index is 13.6. The normalized spacial score (nSPS) is 28.1. The molecule has 3 fully saturated rings. The van der Waals surface area contributed by atoms with Gasteiger partial charge in [0.25, 0.3) is 0 Å². The van der Waals surface area contributed by atoms with Gasteiger partial charge in [-0.3, -0.25) is 9.68 Å². The first kappa shape index (κ1) is 45.8. The van der Waals surface area contributed by atoms with Crippen LogP contribution in [0, 0.1) is 24.7 Å². The topological polar surface area (TPSA) is 208 Å². The van der Waals surface area contributed by atoms with Gasteiger partial charge in [0, 0.05) is 23.5 Å². The van der Waals surface area contributed by atoms with Gasteiger partial charge in [-0.1, -0.05) is 19.9 Å². The second kappa shape index (κ2) is 21.7. The van der Waals surface area contributed by atoms with Crippen molar-refractivity contribution < 1.29 is 81.1 Å². The summed E-state index contributed by atoms with van der Waals surface area (Å²) in [7, 11) is 0. The number of carbonyl (C=O) groups is 5. The molecule has 1 saturated carbocycles. The summed E-state index contributed by atoms with van der Waals surface area (Å²) >= 11 is 0. The number of aryl methyl sites for hydroxylation is 1. The van der Waals surface area contributed by atoms with Crippen molar-refractivity contribution in [2.45, 2.75) is 105 Å². The van der Waals surface area contributed by atoms with Gasteiger partial charge >= 0.3 is 24.4 Å². The van der Waals surface area contributed by atoms with Crippen LogP contribution in [0.25, 0.3) is 6.08 Å². The fourth-order valence-electron chi connectivity index (χ4n) is 7.08. The van der Waals surface area contributed by atoms with Crippen molar-refractivity contribution in [2.75, 3.05) is 39.8 Å². The number of fused-ring (bicyclic) bond motifs is 1. The minimum Gasteiger partial charge on any atom is -0.461 e. The summed E-state index contributed by atoms with van der Waals surface area (Å²) in [5.41, 5.74) is 2.11. The van der Waals surface area contributed by atoms with Crippen LogP contribution in [0.15, 0.2) is 35.4 Å². The minimum atomic E-state index is -1.38. The molecule has 322 valence electrons. The highest BCUT2D eigenvalue weighted by Gasteiger charge is 2.55. The molecular weight excluding hydrogens is 766 g/mol. The Kier molecular flexibility index (Phi) is 17.2. The van der Waals surface area contributed by atoms with Crippen LogP contribution in [0.3, 0.4) is 0 Å². The molecule has 0 spiro atoms. The Balaban J connectivity index is 1.53. The number of hydrogen-bond acceptors (Lipinski definition) is 17. The Bertz CT molecular complexity index is 1660. The van der Waals surface area contributed by atoms with E-state index in [1.807, 2.05) is 13.8 Å². The summed E-state index contributed by atoms with van der Waals surface area (Å²) in [4.78, 5) is 73.5. The Morgan fingerprint density at radius 2 is 1.45 bits per heavy atom. The summed E-state index contributed by atoms with van der Waals surface area (Å²) in [6, 6.07) is 4.72. The van der Waals surface area contributed by atoms with Crippen molar-refractivity contribution >= 4 is 36.4 Å². The number of hydrogen-bond donors (Lipinski definition) is 1. The highest BCUT2D eigenvalue weighted by atomic mass is 17.2. The molecule has 10 atom stereocenters. The van der Waals surface area contributed by atoms with Crippen molar-refractivity contribution in [3.63, 3.8) is 0 Å². The number of benzene rings is 1. The van der Waals surface area contributed by atoms with Gasteiger partial charge in [0.2, 0.25) is 12.2 Å². The van der Waals surface area contributed by atoms with E-state index in [9.17, 15) is 24.0 Å². The molecule has 0 radical (unpaired) electrons. The predicted octanol–water partition coefficient (Wildman–Crippen LogP) is 5.33. The highest BCUT2D eigenvalue weighted by molar-refractivity contribution is 5.97. The van der Waals surface area contributed by atoms with Crippen molar-refractivity contribution in [3.8, 4) is 5.75 Å². The lowest BCUT2D eigenvalue weighted by Crippen LogP contribution is -2.61. The number of carbonyl (C=O) groups excluding carboxylic acids is 5. The molecule has 1 N–H and O–H groups in total. The van der Waals surface area contributed by atoms with Gasteiger partial charge in [-0.2, -0.15) is 4.89 Å². The molecule has 2 saturated heterocycles. The molecule has 1 aromatic carbocycles. The largest absolute Gasteiger partial charge is 0.508 e. The molecule has 1 aromatic rings. The van der Waals surface area contributed by atoms with Crippen molar-refractivity contribution in [1.82, 2.24) is 5.32 Å². The van der Waals surface area contributed by atoms with Crippen LogP contribution in [0.4, 0.5) is 14.4 Å². The lowest BCUT2D eigenvalue weighted by molar-refractivity contribution is -0.275.